The van der Waals surface area contributed by atoms with Crippen LogP contribution in [-0.2, 0) is 9.53 Å². The molecule has 0 spiro atoms. The van der Waals surface area contributed by atoms with Crippen LogP contribution in [0.1, 0.15) is 27.7 Å². The molecule has 1 aromatic rings. The second-order valence-corrected chi connectivity index (χ2v) is 5.28. The van der Waals surface area contributed by atoms with Gasteiger partial charge in [0.2, 0.25) is 0 Å². The molecule has 1 amide bonds. The van der Waals surface area contributed by atoms with E-state index in [1.807, 2.05) is 0 Å². The number of hydrogen-bond acceptors (Lipinski definition) is 5. The molecule has 1 unspecified atom stereocenters. The standard InChI is InChI=1S/C14H19NO5/c1-9(15-13(18)20-14(2,3)4)12(17)19-11-7-5-10(16)6-8-11/h5-9,16H,1-4H3,(H,15,18). The Morgan fingerprint density at radius 1 is 1.20 bits per heavy atom. The quantitative estimate of drug-likeness (QED) is 0.655. The number of nitrogens with one attached hydrogen (secondary N) is 1. The van der Waals surface area contributed by atoms with Crippen LogP contribution < -0.4 is 10.1 Å². The fourth-order valence-electron chi connectivity index (χ4n) is 1.26. The lowest BCUT2D eigenvalue weighted by molar-refractivity contribution is -0.136. The van der Waals surface area contributed by atoms with Gasteiger partial charge in [-0.25, -0.2) is 9.59 Å². The van der Waals surface area contributed by atoms with Gasteiger partial charge in [0.05, 0.1) is 0 Å². The second-order valence-electron chi connectivity index (χ2n) is 5.28. The summed E-state index contributed by atoms with van der Waals surface area (Å²) in [5.41, 5.74) is -0.634. The summed E-state index contributed by atoms with van der Waals surface area (Å²) < 4.78 is 10.1. The van der Waals surface area contributed by atoms with Crippen molar-refractivity contribution < 1.29 is 24.2 Å². The lowest BCUT2D eigenvalue weighted by Crippen LogP contribution is -2.43. The molecule has 110 valence electrons. The van der Waals surface area contributed by atoms with Crippen molar-refractivity contribution in [1.82, 2.24) is 5.32 Å². The molecule has 0 heterocycles. The predicted octanol–water partition coefficient (Wildman–Crippen LogP) is 2.21. The van der Waals surface area contributed by atoms with Crippen LogP contribution in [-0.4, -0.2) is 28.8 Å². The fourth-order valence-corrected chi connectivity index (χ4v) is 1.26. The predicted molar refractivity (Wildman–Crippen MR) is 72.6 cm³/mol. The van der Waals surface area contributed by atoms with Crippen molar-refractivity contribution in [1.29, 1.82) is 0 Å². The number of phenolic OH excluding ortho intramolecular Hbond substituents is 1. The third-order valence-electron chi connectivity index (χ3n) is 2.14. The van der Waals surface area contributed by atoms with Gasteiger partial charge in [-0.05, 0) is 52.0 Å². The van der Waals surface area contributed by atoms with E-state index in [4.69, 9.17) is 14.6 Å². The van der Waals surface area contributed by atoms with E-state index in [1.165, 1.54) is 31.2 Å². The second kappa shape index (κ2) is 6.27. The first-order valence-corrected chi connectivity index (χ1v) is 6.17. The minimum atomic E-state index is -0.848. The number of aromatic hydroxyl groups is 1. The fraction of sp³-hybridized carbons (Fsp3) is 0.429. The van der Waals surface area contributed by atoms with Gasteiger partial charge in [-0.15, -0.1) is 0 Å². The summed E-state index contributed by atoms with van der Waals surface area (Å²) in [6.45, 7) is 6.68. The Hall–Kier alpha value is -2.24. The first kappa shape index (κ1) is 15.8. The van der Waals surface area contributed by atoms with Gasteiger partial charge in [0.25, 0.3) is 0 Å². The molecule has 0 aromatic heterocycles. The van der Waals surface area contributed by atoms with E-state index in [0.717, 1.165) is 0 Å². The Morgan fingerprint density at radius 3 is 2.25 bits per heavy atom. The number of esters is 1. The van der Waals surface area contributed by atoms with Crippen LogP contribution in [0.2, 0.25) is 0 Å². The molecule has 0 bridgehead atoms. The topological polar surface area (TPSA) is 84.9 Å². The normalized spacial score (nSPS) is 12.4. The van der Waals surface area contributed by atoms with E-state index in [2.05, 4.69) is 5.32 Å². The maximum absolute atomic E-state index is 11.7. The molecule has 0 saturated heterocycles. The van der Waals surface area contributed by atoms with Crippen LogP contribution >= 0.6 is 0 Å². The van der Waals surface area contributed by atoms with Crippen molar-refractivity contribution in [3.63, 3.8) is 0 Å². The molecule has 0 fully saturated rings. The molecule has 1 aromatic carbocycles. The molecule has 6 heteroatoms. The van der Waals surface area contributed by atoms with E-state index < -0.39 is 23.7 Å². The highest BCUT2D eigenvalue weighted by atomic mass is 16.6. The molecular weight excluding hydrogens is 262 g/mol. The van der Waals surface area contributed by atoms with Gasteiger partial charge in [0.1, 0.15) is 23.1 Å². The number of phenols is 1. The summed E-state index contributed by atoms with van der Waals surface area (Å²) >= 11 is 0. The van der Waals surface area contributed by atoms with Crippen molar-refractivity contribution in [2.75, 3.05) is 0 Å². The van der Waals surface area contributed by atoms with Gasteiger partial charge < -0.3 is 19.9 Å². The maximum Gasteiger partial charge on any atom is 0.408 e. The van der Waals surface area contributed by atoms with Crippen molar-refractivity contribution in [2.45, 2.75) is 39.3 Å². The van der Waals surface area contributed by atoms with Crippen LogP contribution in [0, 0.1) is 0 Å². The zero-order valence-corrected chi connectivity index (χ0v) is 12.0. The van der Waals surface area contributed by atoms with Gasteiger partial charge in [-0.3, -0.25) is 0 Å². The minimum absolute atomic E-state index is 0.0738. The first-order chi connectivity index (χ1) is 9.17. The molecule has 2 N–H and O–H groups in total. The van der Waals surface area contributed by atoms with Gasteiger partial charge in [-0.1, -0.05) is 0 Å². The molecule has 0 aliphatic heterocycles. The van der Waals surface area contributed by atoms with E-state index in [0.29, 0.717) is 0 Å². The number of alkyl carbamates (subject to hydrolysis) is 1. The van der Waals surface area contributed by atoms with E-state index in [-0.39, 0.29) is 11.5 Å². The van der Waals surface area contributed by atoms with Crippen molar-refractivity contribution in [2.24, 2.45) is 0 Å². The van der Waals surface area contributed by atoms with Crippen LogP contribution in [0.25, 0.3) is 0 Å². The average molecular weight is 281 g/mol. The number of carbonyl (C=O) groups excluding carboxylic acids is 2. The smallest absolute Gasteiger partial charge is 0.408 e. The summed E-state index contributed by atoms with van der Waals surface area (Å²) in [6, 6.07) is 4.85. The van der Waals surface area contributed by atoms with Crippen molar-refractivity contribution >= 4 is 12.1 Å². The number of carbonyl (C=O) groups is 2. The number of amides is 1. The lowest BCUT2D eigenvalue weighted by Gasteiger charge is -2.21. The first-order valence-electron chi connectivity index (χ1n) is 6.17. The highest BCUT2D eigenvalue weighted by Crippen LogP contribution is 2.16. The summed E-state index contributed by atoms with van der Waals surface area (Å²) in [6.07, 6.45) is -0.687. The molecule has 0 aliphatic rings. The molecule has 6 nitrogen and oxygen atoms in total. The monoisotopic (exact) mass is 281 g/mol. The van der Waals surface area contributed by atoms with E-state index in [9.17, 15) is 9.59 Å². The molecule has 0 radical (unpaired) electrons. The Kier molecular flexibility index (Phi) is 4.96. The number of ether oxygens (including phenoxy) is 2. The van der Waals surface area contributed by atoms with Crippen LogP contribution in [0.15, 0.2) is 24.3 Å². The van der Waals surface area contributed by atoms with Crippen molar-refractivity contribution in [3.05, 3.63) is 24.3 Å². The summed E-state index contributed by atoms with van der Waals surface area (Å²) in [5, 5.41) is 11.5. The van der Waals surface area contributed by atoms with Gasteiger partial charge in [-0.2, -0.15) is 0 Å². The largest absolute Gasteiger partial charge is 0.508 e. The van der Waals surface area contributed by atoms with E-state index in [1.54, 1.807) is 20.8 Å². The molecular formula is C14H19NO5. The highest BCUT2D eigenvalue weighted by Gasteiger charge is 2.22. The Morgan fingerprint density at radius 2 is 1.75 bits per heavy atom. The molecule has 1 atom stereocenters. The van der Waals surface area contributed by atoms with Crippen LogP contribution in [0.5, 0.6) is 11.5 Å². The third kappa shape index (κ3) is 5.60. The van der Waals surface area contributed by atoms with Crippen LogP contribution in [0.4, 0.5) is 4.79 Å². The zero-order valence-electron chi connectivity index (χ0n) is 12.0. The Balaban J connectivity index is 2.51. The van der Waals surface area contributed by atoms with Crippen molar-refractivity contribution in [3.8, 4) is 11.5 Å². The molecule has 0 aliphatic carbocycles. The summed E-state index contributed by atoms with van der Waals surface area (Å²) in [7, 11) is 0. The van der Waals surface area contributed by atoms with E-state index >= 15 is 0 Å². The van der Waals surface area contributed by atoms with Gasteiger partial charge in [0.15, 0.2) is 0 Å². The Bertz CT molecular complexity index is 475. The van der Waals surface area contributed by atoms with Gasteiger partial charge >= 0.3 is 12.1 Å². The lowest BCUT2D eigenvalue weighted by atomic mass is 10.2. The molecule has 20 heavy (non-hydrogen) atoms. The molecule has 1 rings (SSSR count). The number of hydrogen-bond donors (Lipinski definition) is 2. The maximum atomic E-state index is 11.7. The molecule has 0 saturated carbocycles. The summed E-state index contributed by atoms with van der Waals surface area (Å²) in [4.78, 5) is 23.2. The number of benzene rings is 1. The minimum Gasteiger partial charge on any atom is -0.508 e. The third-order valence-corrected chi connectivity index (χ3v) is 2.14. The zero-order chi connectivity index (χ0) is 15.3. The number of rotatable bonds is 3. The van der Waals surface area contributed by atoms with Gasteiger partial charge in [0, 0.05) is 0 Å². The highest BCUT2D eigenvalue weighted by molar-refractivity contribution is 5.82. The summed E-state index contributed by atoms with van der Waals surface area (Å²) in [5.74, 6) is -0.267. The Labute approximate surface area is 117 Å². The van der Waals surface area contributed by atoms with Crippen LogP contribution in [0.3, 0.4) is 0 Å². The SMILES string of the molecule is CC(NC(=O)OC(C)(C)C)C(=O)Oc1ccc(O)cc1. The average Bonchev–Trinajstić information content (AvgIpc) is 2.29.